The Labute approximate surface area is 253 Å². The zero-order chi connectivity index (χ0) is 26.5. The Morgan fingerprint density at radius 1 is 1.05 bits per heavy atom. The van der Waals surface area contributed by atoms with Crippen molar-refractivity contribution >= 4 is 52.2 Å². The van der Waals surface area contributed by atoms with Gasteiger partial charge in [-0.2, -0.15) is 0 Å². The van der Waals surface area contributed by atoms with Crippen LogP contribution in [-0.4, -0.2) is 71.5 Å². The van der Waals surface area contributed by atoms with E-state index in [1.165, 1.54) is 13.0 Å². The van der Waals surface area contributed by atoms with E-state index < -0.39 is 0 Å². The molecule has 3 aliphatic rings. The second-order valence-corrected chi connectivity index (χ2v) is 10.2. The molecule has 1 N–H and O–H groups in total. The maximum Gasteiger partial charge on any atom is 0.303 e. The van der Waals surface area contributed by atoms with Crippen molar-refractivity contribution in [2.24, 2.45) is 0 Å². The number of esters is 1. The Morgan fingerprint density at radius 2 is 1.90 bits per heavy atom. The van der Waals surface area contributed by atoms with E-state index in [2.05, 4.69) is 16.0 Å². The molecule has 0 bridgehead atoms. The van der Waals surface area contributed by atoms with Gasteiger partial charge in [-0.05, 0) is 43.2 Å². The summed E-state index contributed by atoms with van der Waals surface area (Å²) in [6.45, 7) is 3.52. The average Bonchev–Trinajstić information content (AvgIpc) is 3.64. The molecule has 10 heteroatoms. The molecule has 4 heterocycles. The summed E-state index contributed by atoms with van der Waals surface area (Å²) < 4.78 is 39.5. The molecule has 201 valence electrons. The van der Waals surface area contributed by atoms with E-state index in [-0.39, 0.29) is 59.4 Å². The smallest absolute Gasteiger partial charge is 0.303 e. The van der Waals surface area contributed by atoms with Crippen LogP contribution in [0, 0.1) is 5.82 Å². The summed E-state index contributed by atoms with van der Waals surface area (Å²) in [6, 6.07) is 16.5. The summed E-state index contributed by atoms with van der Waals surface area (Å²) >= 11 is 0. The van der Waals surface area contributed by atoms with E-state index in [1.54, 1.807) is 12.1 Å². The molecule has 1 fully saturated rings. The van der Waals surface area contributed by atoms with Crippen LogP contribution in [0.3, 0.4) is 0 Å². The van der Waals surface area contributed by atoms with Crippen LogP contribution in [0.4, 0.5) is 10.1 Å². The number of carbonyl (C=O) groups excluding carboxylic acids is 1. The first-order valence-corrected chi connectivity index (χ1v) is 13.3. The van der Waals surface area contributed by atoms with Gasteiger partial charge in [0.25, 0.3) is 0 Å². The van der Waals surface area contributed by atoms with Crippen molar-refractivity contribution < 1.29 is 28.1 Å². The van der Waals surface area contributed by atoms with Gasteiger partial charge in [0.2, 0.25) is 0 Å². The number of aromatic nitrogens is 2. The van der Waals surface area contributed by atoms with Gasteiger partial charge in [0, 0.05) is 84.6 Å². The molecule has 4 aromatic rings. The molecule has 0 saturated carbocycles. The van der Waals surface area contributed by atoms with Crippen LogP contribution in [0.5, 0.6) is 11.5 Å². The zero-order valence-corrected chi connectivity index (χ0v) is 24.5. The number of nitrogens with zero attached hydrogens (tertiary/aromatic N) is 2. The summed E-state index contributed by atoms with van der Waals surface area (Å²) in [4.78, 5) is 16.3. The van der Waals surface area contributed by atoms with Crippen molar-refractivity contribution in [3.63, 3.8) is 0 Å². The van der Waals surface area contributed by atoms with Gasteiger partial charge in [0.15, 0.2) is 6.10 Å². The standard InChI is InChI=1S/C30H28FN3O5.Na/c1-17(35)39-28-16-37-27-14-20(6-7-22(27)28)32-24-15-38-29-21(24)3-2-4-25(29)34-26-13-19(31)5-8-23(26)33-30(34)18-9-11-36-12-10-18;/h2-8,13-14,18,24,28,32H,9-12,15-16H2,1H3;/t24-,28-;/m1./s1. The molecule has 0 aliphatic carbocycles. The van der Waals surface area contributed by atoms with Crippen LogP contribution in [0.15, 0.2) is 54.6 Å². The summed E-state index contributed by atoms with van der Waals surface area (Å²) in [5.41, 5.74) is 5.09. The molecule has 1 aromatic heterocycles. The topological polar surface area (TPSA) is 83.8 Å². The van der Waals surface area contributed by atoms with Gasteiger partial charge in [0.1, 0.15) is 36.4 Å². The Balaban J connectivity index is 0.00000289. The molecule has 0 spiro atoms. The minimum atomic E-state index is -0.385. The number of anilines is 1. The molecule has 1 radical (unpaired) electrons. The fraction of sp³-hybridized carbons (Fsp3) is 0.333. The van der Waals surface area contributed by atoms with E-state index in [0.717, 1.165) is 58.0 Å². The Morgan fingerprint density at radius 3 is 2.73 bits per heavy atom. The average molecular weight is 553 g/mol. The number of rotatable bonds is 5. The second-order valence-electron chi connectivity index (χ2n) is 10.2. The fourth-order valence-corrected chi connectivity index (χ4v) is 5.85. The molecular formula is C30H28FN3NaO5. The predicted molar refractivity (Wildman–Crippen MR) is 148 cm³/mol. The van der Waals surface area contributed by atoms with Gasteiger partial charge in [-0.25, -0.2) is 9.37 Å². The molecular weight excluding hydrogens is 524 g/mol. The first kappa shape index (κ1) is 27.1. The molecule has 3 aromatic carbocycles. The van der Waals surface area contributed by atoms with E-state index in [9.17, 15) is 9.18 Å². The quantitative estimate of drug-likeness (QED) is 0.269. The van der Waals surface area contributed by atoms with Crippen LogP contribution in [-0.2, 0) is 14.3 Å². The largest absolute Gasteiger partial charge is 0.489 e. The molecule has 1 saturated heterocycles. The van der Waals surface area contributed by atoms with E-state index >= 15 is 0 Å². The number of ether oxygens (including phenoxy) is 4. The van der Waals surface area contributed by atoms with E-state index in [0.29, 0.717) is 32.2 Å². The summed E-state index contributed by atoms with van der Waals surface area (Å²) in [7, 11) is 0. The van der Waals surface area contributed by atoms with Crippen molar-refractivity contribution in [3.05, 3.63) is 77.4 Å². The Kier molecular flexibility index (Phi) is 7.48. The zero-order valence-electron chi connectivity index (χ0n) is 22.5. The molecule has 8 nitrogen and oxygen atoms in total. The van der Waals surface area contributed by atoms with Crippen LogP contribution < -0.4 is 14.8 Å². The Bertz CT molecular complexity index is 1590. The SMILES string of the molecule is CC(=O)O[C@@H]1COc2cc(N[C@@H]3COc4c3cccc4-n3c(C4CCOCC4)nc4ccc(F)cc43)ccc21.[Na]. The molecule has 2 atom stereocenters. The first-order valence-electron chi connectivity index (χ1n) is 13.3. The summed E-state index contributed by atoms with van der Waals surface area (Å²) in [5, 5.41) is 3.56. The first-order chi connectivity index (χ1) is 19.0. The number of benzene rings is 3. The van der Waals surface area contributed by atoms with Crippen molar-refractivity contribution in [1.82, 2.24) is 9.55 Å². The number of fused-ring (bicyclic) bond motifs is 3. The third-order valence-corrected chi connectivity index (χ3v) is 7.66. The number of imidazole rings is 1. The predicted octanol–water partition coefficient (Wildman–Crippen LogP) is 5.22. The maximum atomic E-state index is 14.4. The normalized spacial score (nSPS) is 19.8. The van der Waals surface area contributed by atoms with Crippen LogP contribution >= 0.6 is 0 Å². The van der Waals surface area contributed by atoms with Crippen molar-refractivity contribution in [2.75, 3.05) is 31.7 Å². The number of nitrogens with one attached hydrogen (secondary N) is 1. The monoisotopic (exact) mass is 552 g/mol. The van der Waals surface area contributed by atoms with Gasteiger partial charge in [-0.3, -0.25) is 9.36 Å². The number of carbonyl (C=O) groups is 1. The number of para-hydroxylation sites is 1. The van der Waals surface area contributed by atoms with Crippen LogP contribution in [0.25, 0.3) is 16.7 Å². The molecule has 40 heavy (non-hydrogen) atoms. The maximum absolute atomic E-state index is 14.4. The summed E-state index contributed by atoms with van der Waals surface area (Å²) in [6.07, 6.45) is 1.35. The molecule has 0 amide bonds. The molecule has 7 rings (SSSR count). The Hall–Kier alpha value is -3.11. The molecule has 3 aliphatic heterocycles. The third kappa shape index (κ3) is 4.85. The fourth-order valence-electron chi connectivity index (χ4n) is 5.85. The van der Waals surface area contributed by atoms with Gasteiger partial charge >= 0.3 is 5.97 Å². The second kappa shape index (κ2) is 11.0. The number of hydrogen-bond acceptors (Lipinski definition) is 7. The van der Waals surface area contributed by atoms with Gasteiger partial charge in [0.05, 0.1) is 22.8 Å². The van der Waals surface area contributed by atoms with Gasteiger partial charge in [-0.15, -0.1) is 0 Å². The number of halogens is 1. The van der Waals surface area contributed by atoms with Crippen LogP contribution in [0.1, 0.15) is 54.8 Å². The van der Waals surface area contributed by atoms with Crippen molar-refractivity contribution in [3.8, 4) is 17.2 Å². The van der Waals surface area contributed by atoms with Gasteiger partial charge < -0.3 is 24.3 Å². The minimum absolute atomic E-state index is 0. The van der Waals surface area contributed by atoms with Gasteiger partial charge in [-0.1, -0.05) is 12.1 Å². The summed E-state index contributed by atoms with van der Waals surface area (Å²) in [5.74, 6) is 1.95. The third-order valence-electron chi connectivity index (χ3n) is 7.66. The van der Waals surface area contributed by atoms with Crippen molar-refractivity contribution in [2.45, 2.75) is 37.8 Å². The van der Waals surface area contributed by atoms with E-state index in [4.69, 9.17) is 23.9 Å². The number of hydrogen-bond donors (Lipinski definition) is 1. The van der Waals surface area contributed by atoms with E-state index in [1.807, 2.05) is 30.3 Å². The van der Waals surface area contributed by atoms with Crippen molar-refractivity contribution in [1.29, 1.82) is 0 Å². The molecule has 0 unspecified atom stereocenters. The van der Waals surface area contributed by atoms with Crippen LogP contribution in [0.2, 0.25) is 0 Å². The minimum Gasteiger partial charge on any atom is -0.489 e.